The van der Waals surface area contributed by atoms with Gasteiger partial charge in [-0.05, 0) is 25.7 Å². The third-order valence-corrected chi connectivity index (χ3v) is 6.97. The van der Waals surface area contributed by atoms with Crippen LogP contribution in [0.2, 0.25) is 0 Å². The number of nitrogens with zero attached hydrogens (tertiary/aromatic N) is 2. The molecule has 1 aromatic heterocycles. The Morgan fingerprint density at radius 3 is 2.82 bits per heavy atom. The zero-order valence-corrected chi connectivity index (χ0v) is 15.6. The molecule has 1 amide bonds. The van der Waals surface area contributed by atoms with Crippen LogP contribution in [0.3, 0.4) is 0 Å². The lowest BCUT2D eigenvalue weighted by Crippen LogP contribution is -2.57. The summed E-state index contributed by atoms with van der Waals surface area (Å²) in [4.78, 5) is 14.7. The second-order valence-corrected chi connectivity index (χ2v) is 8.97. The molecule has 0 spiro atoms. The third kappa shape index (κ3) is 4.61. The van der Waals surface area contributed by atoms with Crippen LogP contribution in [0.4, 0.5) is 23.2 Å². The fourth-order valence-corrected chi connectivity index (χ4v) is 5.38. The first-order valence-corrected chi connectivity index (χ1v) is 10.4. The predicted octanol–water partition coefficient (Wildman–Crippen LogP) is 1.42. The second-order valence-electron chi connectivity index (χ2n) is 6.92. The van der Waals surface area contributed by atoms with Crippen molar-refractivity contribution in [3.8, 4) is 0 Å². The van der Waals surface area contributed by atoms with Crippen molar-refractivity contribution in [2.45, 2.75) is 43.9 Å². The highest BCUT2D eigenvalue weighted by molar-refractivity contribution is 7.89. The van der Waals surface area contributed by atoms with Crippen molar-refractivity contribution in [2.75, 3.05) is 24.2 Å². The van der Waals surface area contributed by atoms with Gasteiger partial charge in [0.1, 0.15) is 5.82 Å². The van der Waals surface area contributed by atoms with Crippen molar-refractivity contribution in [3.63, 3.8) is 0 Å². The largest absolute Gasteiger partial charge is 0.471 e. The molecular formula is C16H20F4N4O3S. The summed E-state index contributed by atoms with van der Waals surface area (Å²) >= 11 is 0. The van der Waals surface area contributed by atoms with Crippen LogP contribution in [-0.2, 0) is 21.2 Å². The molecule has 28 heavy (non-hydrogen) atoms. The summed E-state index contributed by atoms with van der Waals surface area (Å²) in [5.74, 6) is -3.04. The van der Waals surface area contributed by atoms with Gasteiger partial charge >= 0.3 is 12.1 Å². The first-order chi connectivity index (χ1) is 13.1. The monoisotopic (exact) mass is 424 g/mol. The fraction of sp³-hybridized carbons (Fsp3) is 0.625. The smallest absolute Gasteiger partial charge is 0.317 e. The van der Waals surface area contributed by atoms with E-state index in [1.54, 1.807) is 5.32 Å². The number of hydrogen-bond donors (Lipinski definition) is 2. The Morgan fingerprint density at radius 1 is 1.36 bits per heavy atom. The van der Waals surface area contributed by atoms with E-state index >= 15 is 0 Å². The van der Waals surface area contributed by atoms with E-state index in [1.807, 2.05) is 0 Å². The molecule has 7 nitrogen and oxygen atoms in total. The predicted molar refractivity (Wildman–Crippen MR) is 92.5 cm³/mol. The molecule has 2 aliphatic rings. The highest BCUT2D eigenvalue weighted by Gasteiger charge is 2.40. The lowest BCUT2D eigenvalue weighted by atomic mass is 10.0. The number of sulfonamides is 1. The van der Waals surface area contributed by atoms with E-state index in [0.717, 1.165) is 18.8 Å². The zero-order valence-electron chi connectivity index (χ0n) is 14.8. The van der Waals surface area contributed by atoms with E-state index in [2.05, 4.69) is 10.3 Å². The number of rotatable bonds is 4. The minimum atomic E-state index is -5.12. The minimum Gasteiger partial charge on any atom is -0.317 e. The quantitative estimate of drug-likeness (QED) is 0.714. The number of amides is 1. The SMILES string of the molecule is O=C(Nc1cncc(F)c1CC[C@H]1CN[C@@H]2CCCS(=O)(=O)N1C2)C(F)(F)F. The molecule has 156 valence electrons. The van der Waals surface area contributed by atoms with Gasteiger partial charge in [-0.2, -0.15) is 17.5 Å². The normalized spacial score (nSPS) is 27.1. The van der Waals surface area contributed by atoms with Gasteiger partial charge in [0, 0.05) is 30.7 Å². The maximum absolute atomic E-state index is 14.2. The van der Waals surface area contributed by atoms with Crippen LogP contribution in [-0.4, -0.2) is 60.7 Å². The van der Waals surface area contributed by atoms with Gasteiger partial charge in [0.2, 0.25) is 10.0 Å². The van der Waals surface area contributed by atoms with Gasteiger partial charge in [-0.1, -0.05) is 0 Å². The van der Waals surface area contributed by atoms with Crippen LogP contribution in [0, 0.1) is 5.82 Å². The van der Waals surface area contributed by atoms with Gasteiger partial charge in [0.25, 0.3) is 0 Å². The van der Waals surface area contributed by atoms with Crippen LogP contribution in [0.1, 0.15) is 24.8 Å². The Bertz CT molecular complexity index is 847. The molecule has 3 atom stereocenters. The summed E-state index contributed by atoms with van der Waals surface area (Å²) in [7, 11) is -3.44. The third-order valence-electron chi connectivity index (χ3n) is 5.00. The maximum atomic E-state index is 14.2. The van der Waals surface area contributed by atoms with E-state index < -0.39 is 34.0 Å². The molecule has 0 saturated carbocycles. The number of carbonyl (C=O) groups is 1. The van der Waals surface area contributed by atoms with E-state index in [-0.39, 0.29) is 35.9 Å². The molecule has 2 N–H and O–H groups in total. The molecule has 2 fully saturated rings. The number of pyridine rings is 1. The van der Waals surface area contributed by atoms with Crippen LogP contribution < -0.4 is 10.6 Å². The Hall–Kier alpha value is -1.79. The number of carbonyl (C=O) groups excluding carboxylic acids is 1. The van der Waals surface area contributed by atoms with Crippen LogP contribution >= 0.6 is 0 Å². The summed E-state index contributed by atoms with van der Waals surface area (Å²) in [5, 5.41) is 4.90. The number of hydrogen-bond acceptors (Lipinski definition) is 5. The number of alkyl halides is 3. The van der Waals surface area contributed by atoms with E-state index in [1.165, 1.54) is 4.31 Å². The highest BCUT2D eigenvalue weighted by atomic mass is 32.2. The fourth-order valence-electron chi connectivity index (χ4n) is 3.57. The maximum Gasteiger partial charge on any atom is 0.471 e. The van der Waals surface area contributed by atoms with E-state index in [0.29, 0.717) is 19.5 Å². The van der Waals surface area contributed by atoms with Crippen molar-refractivity contribution < 1.29 is 30.8 Å². The second kappa shape index (κ2) is 7.91. The molecule has 0 radical (unpaired) electrons. The van der Waals surface area contributed by atoms with Gasteiger partial charge in [-0.3, -0.25) is 9.78 Å². The van der Waals surface area contributed by atoms with Crippen molar-refractivity contribution >= 4 is 21.6 Å². The topological polar surface area (TPSA) is 91.4 Å². The van der Waals surface area contributed by atoms with Crippen LogP contribution in [0.5, 0.6) is 0 Å². The summed E-state index contributed by atoms with van der Waals surface area (Å²) < 4.78 is 78.0. The standard InChI is InChI=1S/C16H20F4N4O3S/c17-13-7-21-8-14(23-15(25)16(18,19)20)12(13)4-3-11-6-22-10-2-1-5-28(26,27)24(11)9-10/h7-8,10-11,22H,1-6,9H2,(H,23,25)/t10-,11+/m1/s1. The summed E-state index contributed by atoms with van der Waals surface area (Å²) in [6.45, 7) is 0.699. The average Bonchev–Trinajstić information content (AvgIpc) is 2.71. The highest BCUT2D eigenvalue weighted by Crippen LogP contribution is 2.27. The number of aromatic nitrogens is 1. The number of anilines is 1. The minimum absolute atomic E-state index is 0.0399. The van der Waals surface area contributed by atoms with Gasteiger partial charge in [0.05, 0.1) is 23.8 Å². The summed E-state index contributed by atoms with van der Waals surface area (Å²) in [6.07, 6.45) is -1.90. The number of halogens is 4. The Balaban J connectivity index is 1.76. The Labute approximate surface area is 159 Å². The molecule has 1 unspecified atom stereocenters. The molecule has 0 aromatic carbocycles. The molecule has 2 saturated heterocycles. The number of nitrogens with one attached hydrogen (secondary N) is 2. The molecule has 2 bridgehead atoms. The van der Waals surface area contributed by atoms with Gasteiger partial charge in [0.15, 0.2) is 0 Å². The van der Waals surface area contributed by atoms with Crippen LogP contribution in [0.15, 0.2) is 12.4 Å². The Morgan fingerprint density at radius 2 is 2.11 bits per heavy atom. The summed E-state index contributed by atoms with van der Waals surface area (Å²) in [5.41, 5.74) is -0.510. The van der Waals surface area contributed by atoms with Crippen molar-refractivity contribution in [2.24, 2.45) is 0 Å². The number of piperazine rings is 1. The van der Waals surface area contributed by atoms with E-state index in [9.17, 15) is 30.8 Å². The number of fused-ring (bicyclic) bond motifs is 2. The molecule has 3 heterocycles. The molecule has 1 aromatic rings. The first kappa shape index (κ1) is 20.9. The first-order valence-electron chi connectivity index (χ1n) is 8.81. The molecular weight excluding hydrogens is 404 g/mol. The average molecular weight is 424 g/mol. The van der Waals surface area contributed by atoms with Gasteiger partial charge in [-0.15, -0.1) is 0 Å². The lowest BCUT2D eigenvalue weighted by molar-refractivity contribution is -0.167. The zero-order chi connectivity index (χ0) is 20.5. The molecule has 3 rings (SSSR count). The van der Waals surface area contributed by atoms with E-state index in [4.69, 9.17) is 0 Å². The van der Waals surface area contributed by atoms with Crippen molar-refractivity contribution in [1.29, 1.82) is 0 Å². The molecule has 0 aliphatic carbocycles. The Kier molecular flexibility index (Phi) is 5.92. The van der Waals surface area contributed by atoms with Crippen molar-refractivity contribution in [3.05, 3.63) is 23.8 Å². The van der Waals surface area contributed by atoms with Crippen LogP contribution in [0.25, 0.3) is 0 Å². The van der Waals surface area contributed by atoms with Gasteiger partial charge in [-0.25, -0.2) is 12.8 Å². The molecule has 12 heteroatoms. The summed E-state index contributed by atoms with van der Waals surface area (Å²) in [6, 6.07) is -0.383. The molecule has 2 aliphatic heterocycles. The lowest BCUT2D eigenvalue weighted by Gasteiger charge is -2.37. The van der Waals surface area contributed by atoms with Crippen molar-refractivity contribution in [1.82, 2.24) is 14.6 Å². The van der Waals surface area contributed by atoms with Gasteiger partial charge < -0.3 is 10.6 Å².